The van der Waals surface area contributed by atoms with E-state index in [1.54, 1.807) is 38.3 Å². The number of nitrogens with zero attached hydrogens (tertiary/aromatic N) is 1. The maximum atomic E-state index is 13.0. The van der Waals surface area contributed by atoms with Crippen molar-refractivity contribution < 1.29 is 28.9 Å². The van der Waals surface area contributed by atoms with Crippen LogP contribution in [0.15, 0.2) is 53.6 Å². The summed E-state index contributed by atoms with van der Waals surface area (Å²) in [6.45, 7) is 7.99. The van der Waals surface area contributed by atoms with Gasteiger partial charge in [0.05, 0.1) is 41.8 Å². The first-order valence-corrected chi connectivity index (χ1v) is 15.5. The van der Waals surface area contributed by atoms with Gasteiger partial charge in [-0.2, -0.15) is 0 Å². The number of ether oxygens (including phenoxy) is 3. The molecule has 11 nitrogen and oxygen atoms in total. The van der Waals surface area contributed by atoms with E-state index in [0.29, 0.717) is 22.8 Å². The fraction of sp³-hybridized carbons (Fsp3) is 0.545. The third kappa shape index (κ3) is 8.08. The Kier molecular flexibility index (Phi) is 9.77. The predicted octanol–water partition coefficient (Wildman–Crippen LogP) is 2.55. The molecule has 2 aliphatic heterocycles. The number of morpholine rings is 1. The fourth-order valence-corrected chi connectivity index (χ4v) is 6.40. The van der Waals surface area contributed by atoms with Crippen molar-refractivity contribution in [2.45, 2.75) is 70.1 Å². The number of dihydropyridines is 1. The van der Waals surface area contributed by atoms with Crippen LogP contribution in [-0.2, 0) is 20.7 Å². The molecule has 238 valence electrons. The fourth-order valence-electron chi connectivity index (χ4n) is 6.40. The van der Waals surface area contributed by atoms with Crippen molar-refractivity contribution in [3.63, 3.8) is 0 Å². The molecule has 2 aliphatic carbocycles. The standard InChI is InChI=1S/C33H45N5O6/c1-32(2,41)21-43-24-6-8-28(36-20-24)27(19-34)31(40)37-23-15-33(16-23)17-25(18-33)44-29-14-22(5-7-26(29)30(35)39)4-3-9-38-10-12-42-13-11-38/h5-8,14,19-20,23,25,34,36,41H,3-4,9-13,15-18,21H2,1-2H3,(H2,35,39)(H,37,40)/b28-27+,34-19?. The Bertz CT molecular complexity index is 1330. The Morgan fingerprint density at radius 2 is 1.98 bits per heavy atom. The molecule has 11 heteroatoms. The highest BCUT2D eigenvalue weighted by Gasteiger charge is 2.54. The van der Waals surface area contributed by atoms with Crippen molar-refractivity contribution in [2.75, 3.05) is 39.5 Å². The second-order valence-corrected chi connectivity index (χ2v) is 13.1. The van der Waals surface area contributed by atoms with Crippen LogP contribution in [0.5, 0.6) is 5.75 Å². The average Bonchev–Trinajstić information content (AvgIpc) is 2.95. The van der Waals surface area contributed by atoms with Crippen LogP contribution < -0.4 is 21.1 Å². The molecule has 0 unspecified atom stereocenters. The van der Waals surface area contributed by atoms with Gasteiger partial charge in [-0.1, -0.05) is 6.07 Å². The predicted molar refractivity (Wildman–Crippen MR) is 166 cm³/mol. The number of allylic oxidation sites excluding steroid dienone is 2. The van der Waals surface area contributed by atoms with Crippen LogP contribution in [0.1, 0.15) is 61.9 Å². The zero-order valence-electron chi connectivity index (χ0n) is 25.7. The lowest BCUT2D eigenvalue weighted by Crippen LogP contribution is -2.59. The molecule has 2 saturated carbocycles. The zero-order valence-corrected chi connectivity index (χ0v) is 25.7. The minimum atomic E-state index is -0.960. The number of carbonyl (C=O) groups is 2. The van der Waals surface area contributed by atoms with Gasteiger partial charge in [-0.15, -0.1) is 0 Å². The Hall–Kier alpha value is -3.67. The van der Waals surface area contributed by atoms with Crippen molar-refractivity contribution in [2.24, 2.45) is 11.1 Å². The largest absolute Gasteiger partial charge is 0.490 e. The number of primary amides is 1. The summed E-state index contributed by atoms with van der Waals surface area (Å²) in [4.78, 5) is 27.5. The molecule has 1 aromatic rings. The normalized spacial score (nSPS) is 26.0. The molecule has 0 atom stereocenters. The summed E-state index contributed by atoms with van der Waals surface area (Å²) in [5.41, 5.74) is 7.10. The zero-order chi connectivity index (χ0) is 31.3. The molecule has 1 spiro atoms. The first kappa shape index (κ1) is 31.7. The molecule has 0 radical (unpaired) electrons. The quantitative estimate of drug-likeness (QED) is 0.169. The Morgan fingerprint density at radius 3 is 2.61 bits per heavy atom. The molecule has 4 aliphatic rings. The van der Waals surface area contributed by atoms with Gasteiger partial charge in [0, 0.05) is 31.5 Å². The molecule has 6 N–H and O–H groups in total. The Morgan fingerprint density at radius 1 is 1.23 bits per heavy atom. The molecule has 0 aromatic heterocycles. The lowest BCUT2D eigenvalue weighted by molar-refractivity contribution is -0.123. The maximum Gasteiger partial charge on any atom is 0.255 e. The molecular formula is C33H45N5O6. The molecule has 1 aromatic carbocycles. The number of amides is 2. The van der Waals surface area contributed by atoms with Crippen LogP contribution in [0.25, 0.3) is 0 Å². The lowest BCUT2D eigenvalue weighted by atomic mass is 9.53. The molecular weight excluding hydrogens is 562 g/mol. The molecule has 44 heavy (non-hydrogen) atoms. The highest BCUT2D eigenvalue weighted by molar-refractivity contribution is 6.12. The summed E-state index contributed by atoms with van der Waals surface area (Å²) in [5, 5.41) is 23.7. The number of hydrogen-bond acceptors (Lipinski definition) is 9. The van der Waals surface area contributed by atoms with E-state index in [1.807, 2.05) is 12.1 Å². The van der Waals surface area contributed by atoms with E-state index in [9.17, 15) is 14.7 Å². The minimum Gasteiger partial charge on any atom is -0.490 e. The number of hydrogen-bond donors (Lipinski definition) is 5. The van der Waals surface area contributed by atoms with Crippen molar-refractivity contribution in [3.05, 3.63) is 64.7 Å². The Labute approximate surface area is 259 Å². The molecule has 2 heterocycles. The number of benzene rings is 1. The molecule has 2 amide bonds. The summed E-state index contributed by atoms with van der Waals surface area (Å²) in [6, 6.07) is 5.73. The summed E-state index contributed by atoms with van der Waals surface area (Å²) >= 11 is 0. The number of nitrogens with one attached hydrogen (secondary N) is 3. The summed E-state index contributed by atoms with van der Waals surface area (Å²) in [5.74, 6) is 0.294. The van der Waals surface area contributed by atoms with Crippen LogP contribution in [0, 0.1) is 10.8 Å². The van der Waals surface area contributed by atoms with Crippen LogP contribution in [0.3, 0.4) is 0 Å². The first-order valence-electron chi connectivity index (χ1n) is 15.5. The number of aryl methyl sites for hydroxylation is 1. The van der Waals surface area contributed by atoms with Gasteiger partial charge in [0.2, 0.25) is 0 Å². The molecule has 5 rings (SSSR count). The van der Waals surface area contributed by atoms with Crippen molar-refractivity contribution >= 4 is 18.0 Å². The molecule has 1 saturated heterocycles. The van der Waals surface area contributed by atoms with Gasteiger partial charge in [-0.3, -0.25) is 14.5 Å². The second-order valence-electron chi connectivity index (χ2n) is 13.1. The van der Waals surface area contributed by atoms with Gasteiger partial charge >= 0.3 is 0 Å². The molecule has 0 bridgehead atoms. The van der Waals surface area contributed by atoms with E-state index in [-0.39, 0.29) is 35.6 Å². The molecule has 3 fully saturated rings. The van der Waals surface area contributed by atoms with Gasteiger partial charge in [-0.05, 0) is 94.2 Å². The average molecular weight is 608 g/mol. The number of aliphatic hydroxyl groups is 1. The smallest absolute Gasteiger partial charge is 0.255 e. The van der Waals surface area contributed by atoms with Crippen LogP contribution >= 0.6 is 0 Å². The van der Waals surface area contributed by atoms with Crippen molar-refractivity contribution in [1.29, 1.82) is 5.41 Å². The van der Waals surface area contributed by atoms with Gasteiger partial charge in [-0.25, -0.2) is 0 Å². The number of carbonyl (C=O) groups excluding carboxylic acids is 2. The van der Waals surface area contributed by atoms with E-state index in [1.165, 1.54) is 0 Å². The SMILES string of the molecule is CC(C)(O)COC1=CN/C(=C(\C=N)C(=O)NC2CC3(C2)CC(Oc2cc(CCCN4CCOCC4)ccc2C(N)=O)C3)C=C1. The number of nitrogens with two attached hydrogens (primary N) is 1. The van der Waals surface area contributed by atoms with E-state index < -0.39 is 11.5 Å². The van der Waals surface area contributed by atoms with Crippen LogP contribution in [-0.4, -0.2) is 85.2 Å². The van der Waals surface area contributed by atoms with Gasteiger partial charge in [0.1, 0.15) is 18.1 Å². The monoisotopic (exact) mass is 607 g/mol. The number of rotatable bonds is 13. The summed E-state index contributed by atoms with van der Waals surface area (Å²) in [7, 11) is 0. The third-order valence-electron chi connectivity index (χ3n) is 8.72. The third-order valence-corrected chi connectivity index (χ3v) is 8.72. The maximum absolute atomic E-state index is 13.0. The lowest BCUT2D eigenvalue weighted by Gasteiger charge is -2.57. The van der Waals surface area contributed by atoms with Crippen molar-refractivity contribution in [3.8, 4) is 5.75 Å². The topological polar surface area (TPSA) is 159 Å². The van der Waals surface area contributed by atoms with Gasteiger partial charge in [0.25, 0.3) is 11.8 Å². The van der Waals surface area contributed by atoms with E-state index in [4.69, 9.17) is 25.4 Å². The van der Waals surface area contributed by atoms with Crippen molar-refractivity contribution in [1.82, 2.24) is 15.5 Å². The highest BCUT2D eigenvalue weighted by atomic mass is 16.5. The first-order chi connectivity index (χ1) is 21.0. The van der Waals surface area contributed by atoms with Crippen LogP contribution in [0.2, 0.25) is 0 Å². The Balaban J connectivity index is 1.08. The van der Waals surface area contributed by atoms with Crippen LogP contribution in [0.4, 0.5) is 0 Å². The second kappa shape index (κ2) is 13.5. The van der Waals surface area contributed by atoms with Gasteiger partial charge in [0.15, 0.2) is 0 Å². The highest BCUT2D eigenvalue weighted by Crippen LogP contribution is 2.57. The van der Waals surface area contributed by atoms with E-state index in [0.717, 1.165) is 83.2 Å². The summed E-state index contributed by atoms with van der Waals surface area (Å²) in [6.07, 6.45) is 11.4. The summed E-state index contributed by atoms with van der Waals surface area (Å²) < 4.78 is 17.3. The van der Waals surface area contributed by atoms with E-state index >= 15 is 0 Å². The van der Waals surface area contributed by atoms with Gasteiger partial charge < -0.3 is 41.1 Å². The van der Waals surface area contributed by atoms with E-state index in [2.05, 4.69) is 15.5 Å². The minimum absolute atomic E-state index is 0.00351.